The molecule has 7 nitrogen and oxygen atoms in total. The standard InChI is InChI=1S/C30H33F3N4O3/c1-36(2)17-24-18-37(16-19-3-5-22(6-4-19)30(31,32)33)12-11-29(24,40)23-7-9-26-20(14-23)13-21(15-34-26)25-8-10-27(38)35-28(25)39/h3-7,9,13-15,24-25,40H,8,10-12,16-18H2,1-2H3,(H,35,38,39). The van der Waals surface area contributed by atoms with Crippen molar-refractivity contribution in [2.24, 2.45) is 5.92 Å². The first kappa shape index (κ1) is 28.2. The molecular weight excluding hydrogens is 521 g/mol. The van der Waals surface area contributed by atoms with Gasteiger partial charge in [0.15, 0.2) is 0 Å². The number of halogens is 3. The Hall–Kier alpha value is -3.34. The Morgan fingerprint density at radius 1 is 1.12 bits per heavy atom. The average Bonchev–Trinajstić information content (AvgIpc) is 2.89. The summed E-state index contributed by atoms with van der Waals surface area (Å²) in [6.45, 7) is 2.26. The SMILES string of the molecule is CN(C)CC1CN(Cc2ccc(C(F)(F)F)cc2)CCC1(O)c1ccc2ncc(C3CCC(=O)NC3=O)cc2c1. The number of hydrogen-bond acceptors (Lipinski definition) is 6. The highest BCUT2D eigenvalue weighted by Gasteiger charge is 2.43. The molecule has 2 aromatic carbocycles. The van der Waals surface area contributed by atoms with Crippen LogP contribution >= 0.6 is 0 Å². The molecule has 0 spiro atoms. The number of aromatic nitrogens is 1. The van der Waals surface area contributed by atoms with Gasteiger partial charge in [-0.1, -0.05) is 18.2 Å². The van der Waals surface area contributed by atoms with Gasteiger partial charge in [0.05, 0.1) is 22.6 Å². The first-order chi connectivity index (χ1) is 18.9. The fraction of sp³-hybridized carbons (Fsp3) is 0.433. The molecular formula is C30H33F3N4O3. The van der Waals surface area contributed by atoms with E-state index in [0.717, 1.165) is 39.7 Å². The lowest BCUT2D eigenvalue weighted by Gasteiger charge is -2.46. The Morgan fingerprint density at radius 2 is 1.88 bits per heavy atom. The summed E-state index contributed by atoms with van der Waals surface area (Å²) in [7, 11) is 3.90. The molecule has 212 valence electrons. The van der Waals surface area contributed by atoms with E-state index in [4.69, 9.17) is 0 Å². The third kappa shape index (κ3) is 5.89. The van der Waals surface area contributed by atoms with Crippen LogP contribution in [0.25, 0.3) is 10.9 Å². The van der Waals surface area contributed by atoms with E-state index in [1.54, 1.807) is 6.20 Å². The summed E-state index contributed by atoms with van der Waals surface area (Å²) in [5, 5.41) is 15.3. The smallest absolute Gasteiger partial charge is 0.385 e. The number of aliphatic hydroxyl groups is 1. The fourth-order valence-electron chi connectivity index (χ4n) is 5.94. The van der Waals surface area contributed by atoms with Crippen molar-refractivity contribution >= 4 is 22.7 Å². The fourth-order valence-corrected chi connectivity index (χ4v) is 5.94. The molecule has 2 amide bonds. The normalized spacial score (nSPS) is 24.5. The van der Waals surface area contributed by atoms with Crippen LogP contribution in [0.15, 0.2) is 54.7 Å². The molecule has 2 aliphatic rings. The van der Waals surface area contributed by atoms with Gasteiger partial charge in [-0.3, -0.25) is 24.8 Å². The van der Waals surface area contributed by atoms with Crippen LogP contribution in [0.5, 0.6) is 0 Å². The van der Waals surface area contributed by atoms with E-state index < -0.39 is 23.3 Å². The minimum absolute atomic E-state index is 0.158. The maximum Gasteiger partial charge on any atom is 0.416 e. The topological polar surface area (TPSA) is 85.8 Å². The number of carbonyl (C=O) groups is 2. The monoisotopic (exact) mass is 554 g/mol. The summed E-state index contributed by atoms with van der Waals surface area (Å²) in [5.41, 5.74) is 1.24. The number of likely N-dealkylation sites (tertiary alicyclic amines) is 1. The Morgan fingerprint density at radius 3 is 2.55 bits per heavy atom. The maximum atomic E-state index is 13.0. The highest BCUT2D eigenvalue weighted by molar-refractivity contribution is 6.01. The number of rotatable bonds is 6. The summed E-state index contributed by atoms with van der Waals surface area (Å²) in [5.74, 6) is -1.19. The van der Waals surface area contributed by atoms with E-state index in [-0.39, 0.29) is 24.2 Å². The van der Waals surface area contributed by atoms with Crippen molar-refractivity contribution in [1.29, 1.82) is 0 Å². The Bertz CT molecular complexity index is 1410. The van der Waals surface area contributed by atoms with Crippen LogP contribution in [0.2, 0.25) is 0 Å². The van der Waals surface area contributed by atoms with Gasteiger partial charge in [-0.25, -0.2) is 0 Å². The van der Waals surface area contributed by atoms with Crippen molar-refractivity contribution in [1.82, 2.24) is 20.1 Å². The number of amides is 2. The lowest BCUT2D eigenvalue weighted by Crippen LogP contribution is -2.52. The predicted molar refractivity (Wildman–Crippen MR) is 144 cm³/mol. The van der Waals surface area contributed by atoms with Gasteiger partial charge in [-0.15, -0.1) is 0 Å². The van der Waals surface area contributed by atoms with Crippen molar-refractivity contribution in [3.8, 4) is 0 Å². The molecule has 10 heteroatoms. The predicted octanol–water partition coefficient (Wildman–Crippen LogP) is 4.05. The second-order valence-corrected chi connectivity index (χ2v) is 11.2. The second-order valence-electron chi connectivity index (χ2n) is 11.2. The molecule has 40 heavy (non-hydrogen) atoms. The van der Waals surface area contributed by atoms with E-state index in [1.165, 1.54) is 12.1 Å². The summed E-state index contributed by atoms with van der Waals surface area (Å²) in [6, 6.07) is 12.9. The number of imide groups is 1. The van der Waals surface area contributed by atoms with Gasteiger partial charge in [0.1, 0.15) is 0 Å². The molecule has 0 saturated carbocycles. The number of benzene rings is 2. The number of piperidine rings is 2. The first-order valence-corrected chi connectivity index (χ1v) is 13.4. The molecule has 0 bridgehead atoms. The zero-order chi connectivity index (χ0) is 28.7. The van der Waals surface area contributed by atoms with Crippen LogP contribution in [0.3, 0.4) is 0 Å². The highest BCUT2D eigenvalue weighted by atomic mass is 19.4. The summed E-state index contributed by atoms with van der Waals surface area (Å²) in [4.78, 5) is 32.7. The van der Waals surface area contributed by atoms with Crippen molar-refractivity contribution in [3.05, 3.63) is 77.0 Å². The van der Waals surface area contributed by atoms with E-state index >= 15 is 0 Å². The lowest BCUT2D eigenvalue weighted by molar-refractivity contribution is -0.138. The molecule has 3 heterocycles. The van der Waals surface area contributed by atoms with Gasteiger partial charge in [0.2, 0.25) is 11.8 Å². The third-order valence-electron chi connectivity index (χ3n) is 8.08. The molecule has 3 atom stereocenters. The average molecular weight is 555 g/mol. The van der Waals surface area contributed by atoms with Gasteiger partial charge in [-0.05, 0) is 74.0 Å². The molecule has 1 aromatic heterocycles. The van der Waals surface area contributed by atoms with Crippen molar-refractivity contribution in [3.63, 3.8) is 0 Å². The number of alkyl halides is 3. The van der Waals surface area contributed by atoms with Crippen molar-refractivity contribution in [2.45, 2.75) is 43.5 Å². The van der Waals surface area contributed by atoms with E-state index in [0.29, 0.717) is 39.0 Å². The minimum Gasteiger partial charge on any atom is -0.385 e. The van der Waals surface area contributed by atoms with Gasteiger partial charge in [-0.2, -0.15) is 13.2 Å². The molecule has 2 aliphatic heterocycles. The van der Waals surface area contributed by atoms with E-state index in [9.17, 15) is 27.9 Å². The van der Waals surface area contributed by atoms with Crippen LogP contribution < -0.4 is 5.32 Å². The summed E-state index contributed by atoms with van der Waals surface area (Å²) >= 11 is 0. The Labute approximate surface area is 231 Å². The first-order valence-electron chi connectivity index (χ1n) is 13.4. The van der Waals surface area contributed by atoms with Gasteiger partial charge in [0.25, 0.3) is 0 Å². The quantitative estimate of drug-likeness (QED) is 0.448. The molecule has 3 unspecified atom stereocenters. The number of hydrogen-bond donors (Lipinski definition) is 2. The molecule has 3 aromatic rings. The number of pyridine rings is 1. The molecule has 0 radical (unpaired) electrons. The van der Waals surface area contributed by atoms with Crippen LogP contribution in [0.1, 0.15) is 47.4 Å². The van der Waals surface area contributed by atoms with E-state index in [2.05, 4.69) is 15.2 Å². The minimum atomic E-state index is -4.37. The number of nitrogens with one attached hydrogen (secondary N) is 1. The molecule has 2 fully saturated rings. The van der Waals surface area contributed by atoms with Gasteiger partial charge < -0.3 is 10.0 Å². The zero-order valence-electron chi connectivity index (χ0n) is 22.5. The highest BCUT2D eigenvalue weighted by Crippen LogP contribution is 2.40. The van der Waals surface area contributed by atoms with Crippen LogP contribution in [0.4, 0.5) is 13.2 Å². The molecule has 0 aliphatic carbocycles. The molecule has 5 rings (SSSR count). The van der Waals surface area contributed by atoms with Crippen LogP contribution in [-0.2, 0) is 27.9 Å². The number of fused-ring (bicyclic) bond motifs is 1. The van der Waals surface area contributed by atoms with E-state index in [1.807, 2.05) is 43.3 Å². The summed E-state index contributed by atoms with van der Waals surface area (Å²) < 4.78 is 38.9. The Kier molecular flexibility index (Phi) is 7.69. The number of nitrogens with zero attached hydrogens (tertiary/aromatic N) is 3. The summed E-state index contributed by atoms with van der Waals surface area (Å²) in [6.07, 6.45) is -1.53. The largest absolute Gasteiger partial charge is 0.416 e. The van der Waals surface area contributed by atoms with Gasteiger partial charge >= 0.3 is 6.18 Å². The Balaban J connectivity index is 1.38. The molecule has 2 saturated heterocycles. The van der Waals surface area contributed by atoms with Crippen molar-refractivity contribution < 1.29 is 27.9 Å². The number of carbonyl (C=O) groups excluding carboxylic acids is 2. The van der Waals surface area contributed by atoms with Crippen molar-refractivity contribution in [2.75, 3.05) is 33.7 Å². The molecule has 2 N–H and O–H groups in total. The zero-order valence-corrected chi connectivity index (χ0v) is 22.5. The van der Waals surface area contributed by atoms with Crippen LogP contribution in [0, 0.1) is 5.92 Å². The third-order valence-corrected chi connectivity index (χ3v) is 8.08. The second kappa shape index (κ2) is 10.9. The lowest BCUT2D eigenvalue weighted by atomic mass is 9.75. The van der Waals surface area contributed by atoms with Gasteiger partial charge in [0, 0.05) is 50.1 Å². The maximum absolute atomic E-state index is 13.0. The van der Waals surface area contributed by atoms with Crippen LogP contribution in [-0.4, -0.2) is 65.4 Å².